The largest absolute Gasteiger partial charge is 0.497 e. The van der Waals surface area contributed by atoms with E-state index in [-0.39, 0.29) is 19.3 Å². The second-order valence-corrected chi connectivity index (χ2v) is 6.17. The molecule has 0 aromatic heterocycles. The van der Waals surface area contributed by atoms with Crippen molar-refractivity contribution < 1.29 is 24.1 Å². The molecule has 1 N–H and O–H groups in total. The number of rotatable bonds is 5. The topological polar surface area (TPSA) is 68.2 Å². The molecule has 2 aromatic carbocycles. The van der Waals surface area contributed by atoms with E-state index in [1.165, 1.54) is 4.90 Å². The van der Waals surface area contributed by atoms with Crippen molar-refractivity contribution in [1.29, 1.82) is 0 Å². The van der Waals surface area contributed by atoms with Gasteiger partial charge in [0.15, 0.2) is 0 Å². The van der Waals surface area contributed by atoms with E-state index in [4.69, 9.17) is 14.2 Å². The minimum atomic E-state index is -0.768. The zero-order valence-corrected chi connectivity index (χ0v) is 14.7. The zero-order chi connectivity index (χ0) is 18.4. The Morgan fingerprint density at radius 2 is 1.81 bits per heavy atom. The van der Waals surface area contributed by atoms with Gasteiger partial charge < -0.3 is 24.2 Å². The normalized spacial score (nSPS) is 19.7. The van der Waals surface area contributed by atoms with E-state index in [2.05, 4.69) is 0 Å². The van der Waals surface area contributed by atoms with Gasteiger partial charge in [0, 0.05) is 13.0 Å². The van der Waals surface area contributed by atoms with Gasteiger partial charge in [0.05, 0.1) is 13.7 Å². The number of aliphatic hydroxyl groups is 1. The van der Waals surface area contributed by atoms with Gasteiger partial charge in [0.1, 0.15) is 30.3 Å². The van der Waals surface area contributed by atoms with Crippen LogP contribution in [0.1, 0.15) is 12.0 Å². The lowest BCUT2D eigenvalue weighted by atomic mass is 10.1. The molecule has 2 aromatic rings. The first-order valence-corrected chi connectivity index (χ1v) is 8.60. The highest BCUT2D eigenvalue weighted by Crippen LogP contribution is 2.22. The molecule has 26 heavy (non-hydrogen) atoms. The van der Waals surface area contributed by atoms with E-state index in [9.17, 15) is 9.90 Å². The summed E-state index contributed by atoms with van der Waals surface area (Å²) in [7, 11) is 1.60. The van der Waals surface area contributed by atoms with Crippen molar-refractivity contribution in [2.24, 2.45) is 0 Å². The Morgan fingerprint density at radius 3 is 2.46 bits per heavy atom. The van der Waals surface area contributed by atoms with Crippen molar-refractivity contribution in [3.05, 3.63) is 60.2 Å². The molecular weight excluding hydrogens is 334 g/mol. The Bertz CT molecular complexity index is 704. The number of carbonyl (C=O) groups excluding carboxylic acids is 1. The molecule has 2 atom stereocenters. The number of hydrogen-bond acceptors (Lipinski definition) is 5. The van der Waals surface area contributed by atoms with Crippen molar-refractivity contribution in [3.63, 3.8) is 0 Å². The molecule has 1 saturated heterocycles. The number of methoxy groups -OCH3 is 1. The van der Waals surface area contributed by atoms with Crippen LogP contribution >= 0.6 is 0 Å². The molecule has 0 unspecified atom stereocenters. The zero-order valence-electron chi connectivity index (χ0n) is 14.7. The van der Waals surface area contributed by atoms with Crippen LogP contribution in [-0.2, 0) is 11.3 Å². The smallest absolute Gasteiger partial charge is 0.410 e. The average Bonchev–Trinajstić information content (AvgIpc) is 2.69. The maximum absolute atomic E-state index is 12.2. The number of piperidine rings is 1. The number of hydrogen-bond donors (Lipinski definition) is 1. The second kappa shape index (κ2) is 8.58. The minimum absolute atomic E-state index is 0.189. The summed E-state index contributed by atoms with van der Waals surface area (Å²) in [5, 5.41) is 10.3. The Morgan fingerprint density at radius 1 is 1.12 bits per heavy atom. The number of carbonyl (C=O) groups is 1. The van der Waals surface area contributed by atoms with E-state index >= 15 is 0 Å². The molecule has 1 fully saturated rings. The Labute approximate surface area is 152 Å². The third-order valence-corrected chi connectivity index (χ3v) is 4.33. The fourth-order valence-corrected chi connectivity index (χ4v) is 2.85. The molecule has 1 aliphatic rings. The molecule has 0 aliphatic carbocycles. The number of ether oxygens (including phenoxy) is 3. The number of amides is 1. The number of nitrogens with zero attached hydrogens (tertiary/aromatic N) is 1. The minimum Gasteiger partial charge on any atom is -0.497 e. The molecule has 0 radical (unpaired) electrons. The maximum Gasteiger partial charge on any atom is 0.410 e. The molecular formula is C20H23NO5. The van der Waals surface area contributed by atoms with Gasteiger partial charge in [-0.05, 0) is 29.8 Å². The monoisotopic (exact) mass is 357 g/mol. The van der Waals surface area contributed by atoms with Gasteiger partial charge in [-0.3, -0.25) is 0 Å². The molecule has 1 amide bonds. The predicted octanol–water partition coefficient (Wildman–Crippen LogP) is 2.85. The van der Waals surface area contributed by atoms with Crippen LogP contribution in [0.2, 0.25) is 0 Å². The number of β-amino-alcohol motifs (C(OH)–C–C–N with tert-alkyl or cyclic N) is 1. The van der Waals surface area contributed by atoms with E-state index in [0.717, 1.165) is 11.3 Å². The van der Waals surface area contributed by atoms with Crippen LogP contribution in [-0.4, -0.2) is 48.5 Å². The predicted molar refractivity (Wildman–Crippen MR) is 96.2 cm³/mol. The van der Waals surface area contributed by atoms with Crippen molar-refractivity contribution in [2.75, 3.05) is 20.2 Å². The Hall–Kier alpha value is -2.73. The molecule has 6 heteroatoms. The van der Waals surface area contributed by atoms with Crippen LogP contribution in [0.3, 0.4) is 0 Å². The van der Waals surface area contributed by atoms with Gasteiger partial charge in [0.2, 0.25) is 0 Å². The molecule has 6 nitrogen and oxygen atoms in total. The first-order chi connectivity index (χ1) is 12.7. The third-order valence-electron chi connectivity index (χ3n) is 4.33. The van der Waals surface area contributed by atoms with Crippen LogP contribution in [0.4, 0.5) is 4.79 Å². The van der Waals surface area contributed by atoms with Crippen molar-refractivity contribution in [1.82, 2.24) is 4.90 Å². The van der Waals surface area contributed by atoms with Crippen molar-refractivity contribution in [3.8, 4) is 11.5 Å². The lowest BCUT2D eigenvalue weighted by Crippen LogP contribution is -2.51. The number of aliphatic hydroxyl groups excluding tert-OH is 1. The molecule has 3 rings (SSSR count). The van der Waals surface area contributed by atoms with Gasteiger partial charge in [-0.1, -0.05) is 30.3 Å². The van der Waals surface area contributed by atoms with E-state index in [1.807, 2.05) is 30.3 Å². The highest BCUT2D eigenvalue weighted by atomic mass is 16.6. The SMILES string of the molecule is COc1ccc(O[C@@H]2CCN(C(=O)OCc3ccccc3)C[C@H]2O)cc1. The van der Waals surface area contributed by atoms with E-state index in [1.54, 1.807) is 31.4 Å². The summed E-state index contributed by atoms with van der Waals surface area (Å²) < 4.78 is 16.3. The van der Waals surface area contributed by atoms with Gasteiger partial charge in [-0.15, -0.1) is 0 Å². The second-order valence-electron chi connectivity index (χ2n) is 6.17. The van der Waals surface area contributed by atoms with E-state index < -0.39 is 12.2 Å². The van der Waals surface area contributed by atoms with Crippen LogP contribution in [0.5, 0.6) is 11.5 Å². The highest BCUT2D eigenvalue weighted by molar-refractivity contribution is 5.67. The highest BCUT2D eigenvalue weighted by Gasteiger charge is 2.32. The van der Waals surface area contributed by atoms with Crippen LogP contribution in [0.15, 0.2) is 54.6 Å². The van der Waals surface area contributed by atoms with Crippen LogP contribution in [0, 0.1) is 0 Å². The first-order valence-electron chi connectivity index (χ1n) is 8.60. The molecule has 0 bridgehead atoms. The summed E-state index contributed by atoms with van der Waals surface area (Å²) in [4.78, 5) is 13.7. The molecule has 1 heterocycles. The number of likely N-dealkylation sites (tertiary alicyclic amines) is 1. The summed E-state index contributed by atoms with van der Waals surface area (Å²) in [6, 6.07) is 16.7. The van der Waals surface area contributed by atoms with Crippen molar-refractivity contribution >= 4 is 6.09 Å². The summed E-state index contributed by atoms with van der Waals surface area (Å²) >= 11 is 0. The van der Waals surface area contributed by atoms with Gasteiger partial charge in [0.25, 0.3) is 0 Å². The van der Waals surface area contributed by atoms with Crippen LogP contribution in [0.25, 0.3) is 0 Å². The van der Waals surface area contributed by atoms with E-state index in [0.29, 0.717) is 18.7 Å². The summed E-state index contributed by atoms with van der Waals surface area (Å²) in [5.74, 6) is 1.41. The number of benzene rings is 2. The maximum atomic E-state index is 12.2. The quantitative estimate of drug-likeness (QED) is 0.891. The molecule has 1 aliphatic heterocycles. The Balaban J connectivity index is 1.48. The lowest BCUT2D eigenvalue weighted by Gasteiger charge is -2.35. The molecule has 138 valence electrons. The molecule has 0 spiro atoms. The standard InChI is InChI=1S/C20H23NO5/c1-24-16-7-9-17(10-8-16)26-19-11-12-21(13-18(19)22)20(23)25-14-15-5-3-2-4-6-15/h2-10,18-19,22H,11-14H2,1H3/t18-,19-/m1/s1. The third kappa shape index (κ3) is 4.67. The van der Waals surface area contributed by atoms with Gasteiger partial charge in [-0.2, -0.15) is 0 Å². The van der Waals surface area contributed by atoms with Crippen molar-refractivity contribution in [2.45, 2.75) is 25.2 Å². The average molecular weight is 357 g/mol. The summed E-state index contributed by atoms with van der Waals surface area (Å²) in [6.45, 7) is 0.887. The fraction of sp³-hybridized carbons (Fsp3) is 0.350. The van der Waals surface area contributed by atoms with Gasteiger partial charge in [-0.25, -0.2) is 4.79 Å². The van der Waals surface area contributed by atoms with Crippen LogP contribution < -0.4 is 9.47 Å². The summed E-state index contributed by atoms with van der Waals surface area (Å²) in [6.07, 6.45) is -1.01. The summed E-state index contributed by atoms with van der Waals surface area (Å²) in [5.41, 5.74) is 0.930. The fourth-order valence-electron chi connectivity index (χ4n) is 2.85. The lowest BCUT2D eigenvalue weighted by molar-refractivity contribution is -0.0252. The van der Waals surface area contributed by atoms with Gasteiger partial charge >= 0.3 is 6.09 Å². The Kier molecular flexibility index (Phi) is 5.96. The molecule has 0 saturated carbocycles. The first kappa shape index (κ1) is 18.1.